The second-order valence-electron chi connectivity index (χ2n) is 4.97. The van der Waals surface area contributed by atoms with Crippen molar-refractivity contribution in [3.63, 3.8) is 0 Å². The van der Waals surface area contributed by atoms with Crippen LogP contribution in [0.25, 0.3) is 0 Å². The van der Waals surface area contributed by atoms with Crippen molar-refractivity contribution >= 4 is 0 Å². The van der Waals surface area contributed by atoms with Gasteiger partial charge in [-0.25, -0.2) is 0 Å². The third kappa shape index (κ3) is 1.38. The molecule has 0 aromatic carbocycles. The number of hydrogen-bond acceptors (Lipinski definition) is 2. The quantitative estimate of drug-likeness (QED) is 0.646. The van der Waals surface area contributed by atoms with Crippen molar-refractivity contribution in [1.29, 1.82) is 0 Å². The van der Waals surface area contributed by atoms with Gasteiger partial charge in [-0.2, -0.15) is 0 Å². The fourth-order valence-electron chi connectivity index (χ4n) is 3.71. The van der Waals surface area contributed by atoms with E-state index in [0.29, 0.717) is 12.0 Å². The normalized spacial score (nSPS) is 46.9. The van der Waals surface area contributed by atoms with E-state index in [1.165, 1.54) is 19.5 Å². The van der Waals surface area contributed by atoms with Gasteiger partial charge < -0.3 is 14.7 Å². The van der Waals surface area contributed by atoms with E-state index in [1.807, 2.05) is 0 Å². The maximum Gasteiger partial charge on any atom is 0.121 e. The van der Waals surface area contributed by atoms with E-state index in [4.69, 9.17) is 0 Å². The van der Waals surface area contributed by atoms with Gasteiger partial charge in [-0.1, -0.05) is 6.92 Å². The zero-order chi connectivity index (χ0) is 10.2. The van der Waals surface area contributed by atoms with Crippen molar-refractivity contribution in [2.75, 3.05) is 26.2 Å². The first-order chi connectivity index (χ1) is 6.73. The zero-order valence-electron chi connectivity index (χ0n) is 9.02. The lowest BCUT2D eigenvalue weighted by Crippen LogP contribution is -2.52. The van der Waals surface area contributed by atoms with E-state index >= 15 is 0 Å². The van der Waals surface area contributed by atoms with Gasteiger partial charge in [-0.05, 0) is 6.42 Å². The number of rotatable bonds is 3. The molecule has 0 aromatic heterocycles. The topological polar surface area (TPSA) is 40.5 Å². The molecule has 4 atom stereocenters. The number of hydrogen-bond donors (Lipinski definition) is 2. The first-order valence-electron chi connectivity index (χ1n) is 5.88. The smallest absolute Gasteiger partial charge is 0.121 e. The van der Waals surface area contributed by atoms with Crippen LogP contribution < -0.4 is 0 Å². The van der Waals surface area contributed by atoms with Gasteiger partial charge in [0.2, 0.25) is 0 Å². The Labute approximate surface area is 85.9 Å². The molecule has 2 rings (SSSR count). The van der Waals surface area contributed by atoms with E-state index in [2.05, 4.69) is 6.92 Å². The fraction of sp³-hybridized carbons (Fsp3) is 1.00. The molecule has 2 heterocycles. The summed E-state index contributed by atoms with van der Waals surface area (Å²) in [4.78, 5) is 0. The first kappa shape index (κ1) is 10.4. The van der Waals surface area contributed by atoms with Crippen molar-refractivity contribution < 1.29 is 14.7 Å². The number of nitrogens with zero attached hydrogens (tertiary/aromatic N) is 1. The van der Waals surface area contributed by atoms with Gasteiger partial charge in [-0.3, -0.25) is 0 Å². The maximum absolute atomic E-state index is 9.97. The zero-order valence-corrected chi connectivity index (χ0v) is 9.02. The molecule has 0 aliphatic carbocycles. The van der Waals surface area contributed by atoms with Crippen LogP contribution in [0.15, 0.2) is 0 Å². The lowest BCUT2D eigenvalue weighted by Gasteiger charge is -2.36. The number of aliphatic hydroxyl groups is 2. The van der Waals surface area contributed by atoms with E-state index in [0.717, 1.165) is 23.9 Å². The van der Waals surface area contributed by atoms with Crippen LogP contribution in [0.5, 0.6) is 0 Å². The molecule has 4 unspecified atom stereocenters. The van der Waals surface area contributed by atoms with Crippen molar-refractivity contribution in [3.8, 4) is 0 Å². The standard InChI is InChI=1S/C11H22NO2/c1-2-5-12-6-3-9(8-13)11(12)10(14)4-7-12/h9-11,13-14H,2-8H2,1H3/q+1. The third-order valence-electron chi connectivity index (χ3n) is 4.23. The largest absolute Gasteiger partial charge is 0.396 e. The van der Waals surface area contributed by atoms with E-state index < -0.39 is 0 Å². The summed E-state index contributed by atoms with van der Waals surface area (Å²) in [5.74, 6) is 0.346. The molecule has 2 fully saturated rings. The van der Waals surface area contributed by atoms with Gasteiger partial charge in [-0.15, -0.1) is 0 Å². The fourth-order valence-corrected chi connectivity index (χ4v) is 3.71. The molecule has 14 heavy (non-hydrogen) atoms. The van der Waals surface area contributed by atoms with Crippen molar-refractivity contribution in [1.82, 2.24) is 0 Å². The molecule has 2 aliphatic heterocycles. The average Bonchev–Trinajstić information content (AvgIpc) is 2.67. The third-order valence-corrected chi connectivity index (χ3v) is 4.23. The van der Waals surface area contributed by atoms with Gasteiger partial charge in [0.15, 0.2) is 0 Å². The second-order valence-corrected chi connectivity index (χ2v) is 4.97. The molecule has 2 aliphatic rings. The summed E-state index contributed by atoms with van der Waals surface area (Å²) in [7, 11) is 0. The van der Waals surface area contributed by atoms with Crippen molar-refractivity contribution in [2.45, 2.75) is 38.3 Å². The van der Waals surface area contributed by atoms with E-state index in [1.54, 1.807) is 0 Å². The Balaban J connectivity index is 2.16. The number of fused-ring (bicyclic) bond motifs is 1. The molecule has 82 valence electrons. The van der Waals surface area contributed by atoms with E-state index in [-0.39, 0.29) is 12.7 Å². The monoisotopic (exact) mass is 200 g/mol. The highest BCUT2D eigenvalue weighted by Gasteiger charge is 2.55. The minimum Gasteiger partial charge on any atom is -0.396 e. The van der Waals surface area contributed by atoms with Crippen LogP contribution in [0, 0.1) is 5.92 Å². The lowest BCUT2D eigenvalue weighted by molar-refractivity contribution is -0.930. The van der Waals surface area contributed by atoms with Gasteiger partial charge >= 0.3 is 0 Å². The van der Waals surface area contributed by atoms with Gasteiger partial charge in [0.05, 0.1) is 26.2 Å². The summed E-state index contributed by atoms with van der Waals surface area (Å²) in [6.07, 6.45) is 3.04. The minimum absolute atomic E-state index is 0.166. The molecule has 0 spiro atoms. The molecule has 0 aromatic rings. The van der Waals surface area contributed by atoms with Gasteiger partial charge in [0.25, 0.3) is 0 Å². The molecule has 0 saturated carbocycles. The first-order valence-corrected chi connectivity index (χ1v) is 5.88. The number of quaternary nitrogens is 1. The highest BCUT2D eigenvalue weighted by Crippen LogP contribution is 2.40. The average molecular weight is 200 g/mol. The highest BCUT2D eigenvalue weighted by atomic mass is 16.3. The molecular weight excluding hydrogens is 178 g/mol. The Morgan fingerprint density at radius 2 is 2.00 bits per heavy atom. The van der Waals surface area contributed by atoms with Gasteiger partial charge in [0, 0.05) is 18.8 Å². The SMILES string of the molecule is CCC[N+]12CCC(O)C1C(CO)CC2. The maximum atomic E-state index is 9.97. The highest BCUT2D eigenvalue weighted by molar-refractivity contribution is 4.88. The molecule has 2 saturated heterocycles. The predicted octanol–water partition coefficient (Wildman–Crippen LogP) is 0.359. The van der Waals surface area contributed by atoms with Gasteiger partial charge in [0.1, 0.15) is 12.1 Å². The molecule has 3 heteroatoms. The molecular formula is C11H22NO2+. The summed E-state index contributed by atoms with van der Waals surface area (Å²) >= 11 is 0. The van der Waals surface area contributed by atoms with Crippen LogP contribution in [-0.2, 0) is 0 Å². The molecule has 0 bridgehead atoms. The Morgan fingerprint density at radius 1 is 1.29 bits per heavy atom. The summed E-state index contributed by atoms with van der Waals surface area (Å²) in [5.41, 5.74) is 0. The summed E-state index contributed by atoms with van der Waals surface area (Å²) in [6.45, 7) is 5.93. The van der Waals surface area contributed by atoms with Crippen LogP contribution in [-0.4, -0.2) is 53.1 Å². The molecule has 3 nitrogen and oxygen atoms in total. The van der Waals surface area contributed by atoms with Crippen LogP contribution in [0.3, 0.4) is 0 Å². The Kier molecular flexibility index (Phi) is 2.82. The van der Waals surface area contributed by atoms with Crippen LogP contribution >= 0.6 is 0 Å². The number of aliphatic hydroxyl groups excluding tert-OH is 2. The molecule has 0 radical (unpaired) electrons. The molecule has 2 N–H and O–H groups in total. The van der Waals surface area contributed by atoms with Crippen LogP contribution in [0.1, 0.15) is 26.2 Å². The Morgan fingerprint density at radius 3 is 2.64 bits per heavy atom. The summed E-state index contributed by atoms with van der Waals surface area (Å²) in [5, 5.41) is 19.3. The summed E-state index contributed by atoms with van der Waals surface area (Å²) in [6, 6.07) is 0.333. The van der Waals surface area contributed by atoms with Crippen LogP contribution in [0.4, 0.5) is 0 Å². The Hall–Kier alpha value is -0.120. The van der Waals surface area contributed by atoms with Crippen molar-refractivity contribution in [3.05, 3.63) is 0 Å². The van der Waals surface area contributed by atoms with E-state index in [9.17, 15) is 10.2 Å². The van der Waals surface area contributed by atoms with Crippen molar-refractivity contribution in [2.24, 2.45) is 5.92 Å². The van der Waals surface area contributed by atoms with Crippen LogP contribution in [0.2, 0.25) is 0 Å². The minimum atomic E-state index is -0.166. The lowest BCUT2D eigenvalue weighted by atomic mass is 9.97. The molecule has 0 amide bonds. The summed E-state index contributed by atoms with van der Waals surface area (Å²) < 4.78 is 1.09. The predicted molar refractivity (Wildman–Crippen MR) is 54.8 cm³/mol. The second kappa shape index (κ2) is 3.80. The Bertz CT molecular complexity index is 205.